The van der Waals surface area contributed by atoms with Crippen LogP contribution in [-0.4, -0.2) is 44.9 Å². The average molecular weight is 369 g/mol. The molecule has 1 aliphatic carbocycles. The highest BCUT2D eigenvalue weighted by Crippen LogP contribution is 2.32. The summed E-state index contributed by atoms with van der Waals surface area (Å²) in [6.45, 7) is 3.38. The highest BCUT2D eigenvalue weighted by atomic mass is 16.5. The van der Waals surface area contributed by atoms with Gasteiger partial charge in [0.05, 0.1) is 18.4 Å². The number of amides is 2. The second-order valence-electron chi connectivity index (χ2n) is 7.48. The first-order valence-corrected chi connectivity index (χ1v) is 9.87. The van der Waals surface area contributed by atoms with Crippen molar-refractivity contribution < 1.29 is 9.53 Å². The van der Waals surface area contributed by atoms with Gasteiger partial charge in [-0.1, -0.05) is 12.8 Å². The zero-order valence-corrected chi connectivity index (χ0v) is 15.8. The van der Waals surface area contributed by atoms with Gasteiger partial charge in [-0.05, 0) is 31.9 Å². The molecule has 2 amide bonds. The number of nitrogens with zero attached hydrogens (tertiary/aromatic N) is 4. The van der Waals surface area contributed by atoms with Crippen LogP contribution in [0, 0.1) is 6.92 Å². The Kier molecular flexibility index (Phi) is 5.27. The molecule has 0 spiro atoms. The lowest BCUT2D eigenvalue weighted by Gasteiger charge is -2.32. The van der Waals surface area contributed by atoms with Gasteiger partial charge >= 0.3 is 6.03 Å². The third-order valence-electron chi connectivity index (χ3n) is 5.54. The Morgan fingerprint density at radius 2 is 1.96 bits per heavy atom. The number of piperidine rings is 1. The maximum absolute atomic E-state index is 12.8. The zero-order chi connectivity index (χ0) is 18.6. The first kappa shape index (κ1) is 17.8. The second kappa shape index (κ2) is 7.98. The standard InChI is InChI=1S/C20H27N5O2/c1-15-13-22-25(16-5-2-3-6-16)19(15)23-20(26)24-11-8-17(9-12-24)27-18-7-4-10-21-14-18/h4,7,10,13-14,16-17H,2-3,5-6,8-9,11-12H2,1H3,(H,23,26). The van der Waals surface area contributed by atoms with E-state index in [0.29, 0.717) is 19.1 Å². The molecule has 0 radical (unpaired) electrons. The largest absolute Gasteiger partial charge is 0.489 e. The molecule has 2 fully saturated rings. The van der Waals surface area contributed by atoms with E-state index in [1.165, 1.54) is 12.8 Å². The number of carbonyl (C=O) groups excluding carboxylic acids is 1. The van der Waals surface area contributed by atoms with E-state index >= 15 is 0 Å². The number of hydrogen-bond donors (Lipinski definition) is 1. The number of urea groups is 1. The van der Waals surface area contributed by atoms with E-state index in [1.54, 1.807) is 12.4 Å². The minimum atomic E-state index is -0.0438. The maximum atomic E-state index is 12.8. The second-order valence-corrected chi connectivity index (χ2v) is 7.48. The van der Waals surface area contributed by atoms with E-state index in [1.807, 2.05) is 34.8 Å². The van der Waals surface area contributed by atoms with Crippen LogP contribution < -0.4 is 10.1 Å². The fraction of sp³-hybridized carbons (Fsp3) is 0.550. The SMILES string of the molecule is Cc1cnn(C2CCCC2)c1NC(=O)N1CCC(Oc2cccnc2)CC1. The first-order valence-electron chi connectivity index (χ1n) is 9.87. The normalized spacial score (nSPS) is 18.6. The van der Waals surface area contributed by atoms with Crippen LogP contribution in [0.4, 0.5) is 10.6 Å². The van der Waals surface area contributed by atoms with Gasteiger partial charge in [-0.25, -0.2) is 9.48 Å². The molecule has 1 aliphatic heterocycles. The van der Waals surface area contributed by atoms with E-state index in [9.17, 15) is 4.79 Å². The van der Waals surface area contributed by atoms with Crippen molar-refractivity contribution >= 4 is 11.8 Å². The van der Waals surface area contributed by atoms with E-state index in [2.05, 4.69) is 15.4 Å². The van der Waals surface area contributed by atoms with E-state index < -0.39 is 0 Å². The van der Waals surface area contributed by atoms with Gasteiger partial charge in [-0.15, -0.1) is 0 Å². The molecule has 2 aromatic heterocycles. The Hall–Kier alpha value is -2.57. The van der Waals surface area contributed by atoms with E-state index in [0.717, 1.165) is 42.8 Å². The van der Waals surface area contributed by atoms with Crippen LogP contribution in [0.1, 0.15) is 50.1 Å². The smallest absolute Gasteiger partial charge is 0.323 e. The van der Waals surface area contributed by atoms with Crippen molar-refractivity contribution in [2.24, 2.45) is 0 Å². The summed E-state index contributed by atoms with van der Waals surface area (Å²) in [6.07, 6.45) is 11.8. The molecule has 4 rings (SSSR count). The number of anilines is 1. The van der Waals surface area contributed by atoms with Gasteiger partial charge in [-0.2, -0.15) is 5.10 Å². The van der Waals surface area contributed by atoms with Crippen LogP contribution in [0.3, 0.4) is 0 Å². The first-order chi connectivity index (χ1) is 13.2. The Labute approximate surface area is 159 Å². The third-order valence-corrected chi connectivity index (χ3v) is 5.54. The Morgan fingerprint density at radius 3 is 2.67 bits per heavy atom. The summed E-state index contributed by atoms with van der Waals surface area (Å²) in [6, 6.07) is 4.15. The van der Waals surface area contributed by atoms with Crippen molar-refractivity contribution in [1.82, 2.24) is 19.7 Å². The molecule has 144 valence electrons. The lowest BCUT2D eigenvalue weighted by atomic mass is 10.1. The van der Waals surface area contributed by atoms with Crippen molar-refractivity contribution in [2.75, 3.05) is 18.4 Å². The summed E-state index contributed by atoms with van der Waals surface area (Å²) in [5, 5.41) is 7.62. The quantitative estimate of drug-likeness (QED) is 0.890. The summed E-state index contributed by atoms with van der Waals surface area (Å²) >= 11 is 0. The van der Waals surface area contributed by atoms with Gasteiger partial charge in [-0.3, -0.25) is 10.3 Å². The number of pyridine rings is 1. The fourth-order valence-electron chi connectivity index (χ4n) is 4.00. The molecular weight excluding hydrogens is 342 g/mol. The molecule has 0 unspecified atom stereocenters. The molecule has 27 heavy (non-hydrogen) atoms. The molecular formula is C20H27N5O2. The molecule has 0 bridgehead atoms. The van der Waals surface area contributed by atoms with Crippen molar-refractivity contribution in [2.45, 2.75) is 57.6 Å². The molecule has 0 atom stereocenters. The highest BCUT2D eigenvalue weighted by Gasteiger charge is 2.27. The van der Waals surface area contributed by atoms with Gasteiger partial charge in [0.1, 0.15) is 17.7 Å². The van der Waals surface area contributed by atoms with Crippen LogP contribution in [0.15, 0.2) is 30.7 Å². The number of carbonyl (C=O) groups is 1. The van der Waals surface area contributed by atoms with Crippen LogP contribution in [0.25, 0.3) is 0 Å². The van der Waals surface area contributed by atoms with Crippen molar-refractivity contribution in [3.05, 3.63) is 36.3 Å². The van der Waals surface area contributed by atoms with Crippen molar-refractivity contribution in [1.29, 1.82) is 0 Å². The van der Waals surface area contributed by atoms with Crippen LogP contribution in [-0.2, 0) is 0 Å². The number of likely N-dealkylation sites (tertiary alicyclic amines) is 1. The Balaban J connectivity index is 1.33. The molecule has 7 nitrogen and oxygen atoms in total. The predicted octanol–water partition coefficient (Wildman–Crippen LogP) is 3.78. The van der Waals surface area contributed by atoms with E-state index in [-0.39, 0.29) is 12.1 Å². The summed E-state index contributed by atoms with van der Waals surface area (Å²) < 4.78 is 7.97. The minimum absolute atomic E-state index is 0.0438. The number of aromatic nitrogens is 3. The highest BCUT2D eigenvalue weighted by molar-refractivity contribution is 5.89. The number of ether oxygens (including phenoxy) is 1. The van der Waals surface area contributed by atoms with Crippen molar-refractivity contribution in [3.8, 4) is 5.75 Å². The fourth-order valence-corrected chi connectivity index (χ4v) is 4.00. The molecule has 7 heteroatoms. The van der Waals surface area contributed by atoms with Crippen molar-refractivity contribution in [3.63, 3.8) is 0 Å². The summed E-state index contributed by atoms with van der Waals surface area (Å²) in [5.74, 6) is 1.64. The Morgan fingerprint density at radius 1 is 1.19 bits per heavy atom. The van der Waals surface area contributed by atoms with Gasteiger partial charge < -0.3 is 9.64 Å². The van der Waals surface area contributed by atoms with Gasteiger partial charge in [0, 0.05) is 37.7 Å². The number of aryl methyl sites for hydroxylation is 1. The third kappa shape index (κ3) is 4.07. The zero-order valence-electron chi connectivity index (χ0n) is 15.8. The summed E-state index contributed by atoms with van der Waals surface area (Å²) in [7, 11) is 0. The van der Waals surface area contributed by atoms with Gasteiger partial charge in [0.15, 0.2) is 0 Å². The van der Waals surface area contributed by atoms with Gasteiger partial charge in [0.25, 0.3) is 0 Å². The van der Waals surface area contributed by atoms with Crippen LogP contribution in [0.5, 0.6) is 5.75 Å². The van der Waals surface area contributed by atoms with E-state index in [4.69, 9.17) is 4.74 Å². The molecule has 1 saturated heterocycles. The predicted molar refractivity (Wildman–Crippen MR) is 103 cm³/mol. The molecule has 1 N–H and O–H groups in total. The van der Waals surface area contributed by atoms with Gasteiger partial charge in [0.2, 0.25) is 0 Å². The lowest BCUT2D eigenvalue weighted by molar-refractivity contribution is 0.115. The molecule has 2 aliphatic rings. The average Bonchev–Trinajstić information content (AvgIpc) is 3.34. The number of rotatable bonds is 4. The molecule has 3 heterocycles. The van der Waals surface area contributed by atoms with Crippen LogP contribution >= 0.6 is 0 Å². The molecule has 0 aromatic carbocycles. The number of hydrogen-bond acceptors (Lipinski definition) is 4. The topological polar surface area (TPSA) is 72.3 Å². The monoisotopic (exact) mass is 369 g/mol. The summed E-state index contributed by atoms with van der Waals surface area (Å²) in [5.41, 5.74) is 1.02. The molecule has 1 saturated carbocycles. The number of nitrogens with one attached hydrogen (secondary N) is 1. The maximum Gasteiger partial charge on any atom is 0.323 e. The van der Waals surface area contributed by atoms with Crippen LogP contribution in [0.2, 0.25) is 0 Å². The minimum Gasteiger partial charge on any atom is -0.489 e. The Bertz CT molecular complexity index is 762. The lowest BCUT2D eigenvalue weighted by Crippen LogP contribution is -2.44. The molecule has 2 aromatic rings. The summed E-state index contributed by atoms with van der Waals surface area (Å²) in [4.78, 5) is 18.7.